The van der Waals surface area contributed by atoms with Crippen molar-refractivity contribution in [3.8, 4) is 6.07 Å². The lowest BCUT2D eigenvalue weighted by Crippen LogP contribution is -2.42. The van der Waals surface area contributed by atoms with Crippen LogP contribution in [0, 0.1) is 16.7 Å². The Hall–Kier alpha value is -0.590. The third-order valence-electron chi connectivity index (χ3n) is 3.52. The SMILES string of the molecule is CCC(C)(CC)C1CC(C#N)NN1. The van der Waals surface area contributed by atoms with Gasteiger partial charge in [0, 0.05) is 6.04 Å². The molecule has 1 rings (SSSR count). The second-order valence-electron chi connectivity index (χ2n) is 4.12. The summed E-state index contributed by atoms with van der Waals surface area (Å²) >= 11 is 0. The Bertz CT molecular complexity index is 203. The van der Waals surface area contributed by atoms with Crippen LogP contribution in [0.15, 0.2) is 0 Å². The highest BCUT2D eigenvalue weighted by atomic mass is 15.4. The van der Waals surface area contributed by atoms with E-state index in [-0.39, 0.29) is 6.04 Å². The zero-order chi connectivity index (χ0) is 9.90. The summed E-state index contributed by atoms with van der Waals surface area (Å²) in [4.78, 5) is 0. The zero-order valence-corrected chi connectivity index (χ0v) is 8.72. The lowest BCUT2D eigenvalue weighted by atomic mass is 9.76. The van der Waals surface area contributed by atoms with Gasteiger partial charge in [-0.15, -0.1) is 0 Å². The van der Waals surface area contributed by atoms with Crippen LogP contribution in [0.25, 0.3) is 0 Å². The molecule has 3 heteroatoms. The van der Waals surface area contributed by atoms with E-state index in [1.165, 1.54) is 0 Å². The number of nitriles is 1. The van der Waals surface area contributed by atoms with Crippen molar-refractivity contribution < 1.29 is 0 Å². The van der Waals surface area contributed by atoms with Gasteiger partial charge < -0.3 is 0 Å². The van der Waals surface area contributed by atoms with Crippen molar-refractivity contribution in [1.29, 1.82) is 5.26 Å². The highest BCUT2D eigenvalue weighted by Gasteiger charge is 2.36. The number of nitrogens with zero attached hydrogens (tertiary/aromatic N) is 1. The van der Waals surface area contributed by atoms with E-state index in [0.29, 0.717) is 11.5 Å². The molecular weight excluding hydrogens is 162 g/mol. The minimum absolute atomic E-state index is 0.0116. The molecule has 13 heavy (non-hydrogen) atoms. The predicted molar refractivity (Wildman–Crippen MR) is 52.8 cm³/mol. The molecule has 1 fully saturated rings. The van der Waals surface area contributed by atoms with Crippen molar-refractivity contribution in [2.24, 2.45) is 5.41 Å². The van der Waals surface area contributed by atoms with E-state index < -0.39 is 0 Å². The van der Waals surface area contributed by atoms with E-state index in [2.05, 4.69) is 37.7 Å². The van der Waals surface area contributed by atoms with Gasteiger partial charge in [-0.2, -0.15) is 5.26 Å². The normalized spacial score (nSPS) is 28.8. The van der Waals surface area contributed by atoms with Gasteiger partial charge in [0.25, 0.3) is 0 Å². The van der Waals surface area contributed by atoms with Crippen LogP contribution in [0.2, 0.25) is 0 Å². The summed E-state index contributed by atoms with van der Waals surface area (Å²) in [5.41, 5.74) is 6.57. The molecular formula is C10H19N3. The van der Waals surface area contributed by atoms with Gasteiger partial charge in [-0.1, -0.05) is 20.8 Å². The first kappa shape index (κ1) is 10.5. The molecule has 0 aromatic heterocycles. The number of rotatable bonds is 3. The van der Waals surface area contributed by atoms with Crippen molar-refractivity contribution in [3.05, 3.63) is 0 Å². The van der Waals surface area contributed by atoms with Crippen LogP contribution >= 0.6 is 0 Å². The molecule has 0 radical (unpaired) electrons. The average molecular weight is 181 g/mol. The monoisotopic (exact) mass is 181 g/mol. The Morgan fingerprint density at radius 3 is 2.38 bits per heavy atom. The highest BCUT2D eigenvalue weighted by Crippen LogP contribution is 2.33. The maximum Gasteiger partial charge on any atom is 0.109 e. The Labute approximate surface area is 80.5 Å². The number of nitrogens with one attached hydrogen (secondary N) is 2. The van der Waals surface area contributed by atoms with E-state index in [0.717, 1.165) is 19.3 Å². The van der Waals surface area contributed by atoms with Gasteiger partial charge in [0.15, 0.2) is 0 Å². The summed E-state index contributed by atoms with van der Waals surface area (Å²) in [5, 5.41) is 8.74. The van der Waals surface area contributed by atoms with Crippen molar-refractivity contribution in [2.45, 2.75) is 52.1 Å². The van der Waals surface area contributed by atoms with Crippen LogP contribution < -0.4 is 10.9 Å². The van der Waals surface area contributed by atoms with Gasteiger partial charge in [0.05, 0.1) is 6.07 Å². The Morgan fingerprint density at radius 2 is 2.00 bits per heavy atom. The molecule has 0 saturated carbocycles. The number of hydrogen-bond donors (Lipinski definition) is 2. The molecule has 3 nitrogen and oxygen atoms in total. The van der Waals surface area contributed by atoms with Crippen LogP contribution in [-0.4, -0.2) is 12.1 Å². The molecule has 74 valence electrons. The summed E-state index contributed by atoms with van der Waals surface area (Å²) in [7, 11) is 0. The summed E-state index contributed by atoms with van der Waals surface area (Å²) in [5.74, 6) is 0. The molecule has 1 heterocycles. The average Bonchev–Trinajstić information content (AvgIpc) is 2.65. The van der Waals surface area contributed by atoms with Gasteiger partial charge in [0.1, 0.15) is 6.04 Å². The predicted octanol–water partition coefficient (Wildman–Crippen LogP) is 1.57. The molecule has 0 aromatic rings. The van der Waals surface area contributed by atoms with Crippen LogP contribution in [0.1, 0.15) is 40.0 Å². The molecule has 2 unspecified atom stereocenters. The first-order valence-corrected chi connectivity index (χ1v) is 5.07. The van der Waals surface area contributed by atoms with Gasteiger partial charge in [-0.05, 0) is 24.7 Å². The molecule has 1 aliphatic heterocycles. The first-order valence-electron chi connectivity index (χ1n) is 5.07. The molecule has 0 bridgehead atoms. The molecule has 0 aromatic carbocycles. The molecule has 1 aliphatic rings. The highest BCUT2D eigenvalue weighted by molar-refractivity contribution is 5.00. The van der Waals surface area contributed by atoms with Crippen LogP contribution in [0.5, 0.6) is 0 Å². The van der Waals surface area contributed by atoms with E-state index >= 15 is 0 Å². The summed E-state index contributed by atoms with van der Waals surface area (Å²) in [6.07, 6.45) is 3.23. The third kappa shape index (κ3) is 2.01. The standard InChI is InChI=1S/C10H19N3/c1-4-10(3,5-2)9-6-8(7-11)12-13-9/h8-9,12-13H,4-6H2,1-3H3. The second kappa shape index (κ2) is 4.08. The Morgan fingerprint density at radius 1 is 1.38 bits per heavy atom. The van der Waals surface area contributed by atoms with E-state index in [9.17, 15) is 0 Å². The number of hydrogen-bond acceptors (Lipinski definition) is 3. The van der Waals surface area contributed by atoms with Crippen molar-refractivity contribution in [3.63, 3.8) is 0 Å². The zero-order valence-electron chi connectivity index (χ0n) is 8.72. The fourth-order valence-corrected chi connectivity index (χ4v) is 1.84. The van der Waals surface area contributed by atoms with Gasteiger partial charge in [-0.3, -0.25) is 5.43 Å². The minimum atomic E-state index is -0.0116. The van der Waals surface area contributed by atoms with Crippen molar-refractivity contribution >= 4 is 0 Å². The number of hydrazine groups is 1. The minimum Gasteiger partial charge on any atom is -0.253 e. The molecule has 0 spiro atoms. The third-order valence-corrected chi connectivity index (χ3v) is 3.52. The fraction of sp³-hybridized carbons (Fsp3) is 0.900. The molecule has 0 amide bonds. The van der Waals surface area contributed by atoms with E-state index in [1.807, 2.05) is 0 Å². The first-order chi connectivity index (χ1) is 6.16. The summed E-state index contributed by atoms with van der Waals surface area (Å²) < 4.78 is 0. The molecule has 0 aliphatic carbocycles. The van der Waals surface area contributed by atoms with Crippen molar-refractivity contribution in [2.75, 3.05) is 0 Å². The van der Waals surface area contributed by atoms with Crippen molar-refractivity contribution in [1.82, 2.24) is 10.9 Å². The quantitative estimate of drug-likeness (QED) is 0.695. The maximum absolute atomic E-state index is 8.74. The van der Waals surface area contributed by atoms with Gasteiger partial charge in [0.2, 0.25) is 0 Å². The molecule has 2 atom stereocenters. The molecule has 1 saturated heterocycles. The summed E-state index contributed by atoms with van der Waals surface area (Å²) in [6, 6.07) is 2.67. The van der Waals surface area contributed by atoms with Crippen LogP contribution in [-0.2, 0) is 0 Å². The lowest BCUT2D eigenvalue weighted by Gasteiger charge is -2.33. The smallest absolute Gasteiger partial charge is 0.109 e. The molecule has 2 N–H and O–H groups in total. The Balaban J connectivity index is 2.59. The van der Waals surface area contributed by atoms with E-state index in [4.69, 9.17) is 5.26 Å². The second-order valence-corrected chi connectivity index (χ2v) is 4.12. The largest absolute Gasteiger partial charge is 0.253 e. The van der Waals surface area contributed by atoms with Crippen LogP contribution in [0.3, 0.4) is 0 Å². The topological polar surface area (TPSA) is 47.9 Å². The Kier molecular flexibility index (Phi) is 3.29. The summed E-state index contributed by atoms with van der Waals surface area (Å²) in [6.45, 7) is 6.71. The lowest BCUT2D eigenvalue weighted by molar-refractivity contribution is 0.208. The van der Waals surface area contributed by atoms with Crippen LogP contribution in [0.4, 0.5) is 0 Å². The maximum atomic E-state index is 8.74. The van der Waals surface area contributed by atoms with Gasteiger partial charge >= 0.3 is 0 Å². The van der Waals surface area contributed by atoms with E-state index in [1.54, 1.807) is 0 Å². The fourth-order valence-electron chi connectivity index (χ4n) is 1.84. The van der Waals surface area contributed by atoms with Gasteiger partial charge in [-0.25, -0.2) is 5.43 Å².